The van der Waals surface area contributed by atoms with Crippen molar-refractivity contribution < 1.29 is 4.92 Å². The maximum absolute atomic E-state index is 10.8. The number of aryl methyl sites for hydroxylation is 2. The molecule has 1 aromatic carbocycles. The molecule has 0 aliphatic heterocycles. The summed E-state index contributed by atoms with van der Waals surface area (Å²) in [4.78, 5) is 16.5. The molecule has 0 saturated carbocycles. The highest BCUT2D eigenvalue weighted by atomic mass is 16.6. The van der Waals surface area contributed by atoms with Crippen LogP contribution in [0.2, 0.25) is 0 Å². The topological polar surface area (TPSA) is 64.2 Å². The van der Waals surface area contributed by atoms with E-state index in [1.54, 1.807) is 31.6 Å². The first kappa shape index (κ1) is 14.0. The fourth-order valence-corrected chi connectivity index (χ4v) is 2.12. The standard InChI is InChI=1S/C14H18N4O2/c1-12-10-13(4-5-14(12)18(19)20)16(2)7-3-8-17-9-6-15-11-17/h4-6,9-11H,3,7-8H2,1-2H3. The Morgan fingerprint density at radius 2 is 2.25 bits per heavy atom. The Balaban J connectivity index is 1.93. The molecule has 6 heteroatoms. The summed E-state index contributed by atoms with van der Waals surface area (Å²) in [5.41, 5.74) is 1.85. The van der Waals surface area contributed by atoms with E-state index in [-0.39, 0.29) is 10.6 Å². The second kappa shape index (κ2) is 6.18. The van der Waals surface area contributed by atoms with Crippen molar-refractivity contribution in [3.63, 3.8) is 0 Å². The molecule has 20 heavy (non-hydrogen) atoms. The van der Waals surface area contributed by atoms with Gasteiger partial charge in [-0.15, -0.1) is 0 Å². The molecule has 0 fully saturated rings. The molecule has 0 radical (unpaired) electrons. The maximum atomic E-state index is 10.8. The summed E-state index contributed by atoms with van der Waals surface area (Å²) in [6, 6.07) is 5.22. The van der Waals surface area contributed by atoms with Crippen molar-refractivity contribution in [2.45, 2.75) is 19.9 Å². The molecule has 106 valence electrons. The highest BCUT2D eigenvalue weighted by Crippen LogP contribution is 2.23. The van der Waals surface area contributed by atoms with Crippen molar-refractivity contribution >= 4 is 11.4 Å². The summed E-state index contributed by atoms with van der Waals surface area (Å²) in [7, 11) is 1.99. The predicted molar refractivity (Wildman–Crippen MR) is 77.9 cm³/mol. The van der Waals surface area contributed by atoms with Crippen LogP contribution in [0.4, 0.5) is 11.4 Å². The first-order valence-corrected chi connectivity index (χ1v) is 6.50. The first-order chi connectivity index (χ1) is 9.58. The Morgan fingerprint density at radius 1 is 1.45 bits per heavy atom. The van der Waals surface area contributed by atoms with Crippen LogP contribution in [0.3, 0.4) is 0 Å². The van der Waals surface area contributed by atoms with Gasteiger partial charge in [0.25, 0.3) is 5.69 Å². The van der Waals surface area contributed by atoms with E-state index in [2.05, 4.69) is 9.88 Å². The molecule has 2 rings (SSSR count). The average molecular weight is 274 g/mol. The van der Waals surface area contributed by atoms with Crippen LogP contribution in [0.25, 0.3) is 0 Å². The molecule has 0 aliphatic rings. The van der Waals surface area contributed by atoms with Gasteiger partial charge in [-0.3, -0.25) is 10.1 Å². The number of imidazole rings is 1. The summed E-state index contributed by atoms with van der Waals surface area (Å²) in [5, 5.41) is 10.8. The molecule has 0 atom stereocenters. The van der Waals surface area contributed by atoms with Gasteiger partial charge in [-0.25, -0.2) is 4.98 Å². The molecule has 0 amide bonds. The van der Waals surface area contributed by atoms with E-state index in [0.717, 1.165) is 25.2 Å². The van der Waals surface area contributed by atoms with Gasteiger partial charge in [0.2, 0.25) is 0 Å². The highest BCUT2D eigenvalue weighted by molar-refractivity contribution is 5.54. The molecule has 0 spiro atoms. The molecule has 0 saturated heterocycles. The highest BCUT2D eigenvalue weighted by Gasteiger charge is 2.11. The zero-order valence-corrected chi connectivity index (χ0v) is 11.7. The molecular formula is C14H18N4O2. The van der Waals surface area contributed by atoms with Crippen LogP contribution in [-0.4, -0.2) is 28.1 Å². The number of nitro groups is 1. The van der Waals surface area contributed by atoms with E-state index < -0.39 is 0 Å². The minimum Gasteiger partial charge on any atom is -0.375 e. The van der Waals surface area contributed by atoms with Crippen molar-refractivity contribution in [2.75, 3.05) is 18.5 Å². The Hall–Kier alpha value is -2.37. The summed E-state index contributed by atoms with van der Waals surface area (Å²) in [6.45, 7) is 3.56. The largest absolute Gasteiger partial charge is 0.375 e. The van der Waals surface area contributed by atoms with E-state index in [9.17, 15) is 10.1 Å². The Labute approximate surface area is 117 Å². The quantitative estimate of drug-likeness (QED) is 0.600. The molecule has 2 aromatic rings. The van der Waals surface area contributed by atoms with Gasteiger partial charge in [0.05, 0.1) is 11.3 Å². The van der Waals surface area contributed by atoms with Crippen LogP contribution in [0.15, 0.2) is 36.9 Å². The molecular weight excluding hydrogens is 256 g/mol. The number of hydrogen-bond acceptors (Lipinski definition) is 4. The van der Waals surface area contributed by atoms with Crippen molar-refractivity contribution in [1.29, 1.82) is 0 Å². The third-order valence-electron chi connectivity index (χ3n) is 3.29. The summed E-state index contributed by atoms with van der Waals surface area (Å²) in [6.07, 6.45) is 6.50. The van der Waals surface area contributed by atoms with Gasteiger partial charge in [0.15, 0.2) is 0 Å². The van der Waals surface area contributed by atoms with Crippen LogP contribution < -0.4 is 4.90 Å². The molecule has 0 aliphatic carbocycles. The third kappa shape index (κ3) is 3.34. The lowest BCUT2D eigenvalue weighted by atomic mass is 10.1. The van der Waals surface area contributed by atoms with E-state index in [1.165, 1.54) is 0 Å². The van der Waals surface area contributed by atoms with Crippen molar-refractivity contribution in [3.8, 4) is 0 Å². The zero-order chi connectivity index (χ0) is 14.5. The van der Waals surface area contributed by atoms with Crippen LogP contribution in [0.5, 0.6) is 0 Å². The Morgan fingerprint density at radius 3 is 2.85 bits per heavy atom. The van der Waals surface area contributed by atoms with Crippen LogP contribution in [0, 0.1) is 17.0 Å². The Kier molecular flexibility index (Phi) is 4.34. The molecule has 6 nitrogen and oxygen atoms in total. The second-order valence-corrected chi connectivity index (χ2v) is 4.80. The number of nitrogens with zero attached hydrogens (tertiary/aromatic N) is 4. The smallest absolute Gasteiger partial charge is 0.272 e. The lowest BCUT2D eigenvalue weighted by molar-refractivity contribution is -0.385. The molecule has 0 unspecified atom stereocenters. The average Bonchev–Trinajstić information content (AvgIpc) is 2.91. The van der Waals surface area contributed by atoms with E-state index in [4.69, 9.17) is 0 Å². The number of nitro benzene ring substituents is 1. The summed E-state index contributed by atoms with van der Waals surface area (Å²) < 4.78 is 2.04. The molecule has 0 bridgehead atoms. The monoisotopic (exact) mass is 274 g/mol. The fraction of sp³-hybridized carbons (Fsp3) is 0.357. The number of rotatable bonds is 6. The lowest BCUT2D eigenvalue weighted by Gasteiger charge is -2.19. The maximum Gasteiger partial charge on any atom is 0.272 e. The normalized spacial score (nSPS) is 10.5. The van der Waals surface area contributed by atoms with Gasteiger partial charge in [0.1, 0.15) is 0 Å². The van der Waals surface area contributed by atoms with Gasteiger partial charge in [-0.05, 0) is 25.5 Å². The minimum atomic E-state index is -0.349. The van der Waals surface area contributed by atoms with E-state index >= 15 is 0 Å². The van der Waals surface area contributed by atoms with Crippen LogP contribution in [0.1, 0.15) is 12.0 Å². The number of aromatic nitrogens is 2. The van der Waals surface area contributed by atoms with Crippen LogP contribution >= 0.6 is 0 Å². The van der Waals surface area contributed by atoms with Crippen molar-refractivity contribution in [2.24, 2.45) is 0 Å². The number of anilines is 1. The third-order valence-corrected chi connectivity index (χ3v) is 3.29. The zero-order valence-electron chi connectivity index (χ0n) is 11.7. The summed E-state index contributed by atoms with van der Waals surface area (Å²) in [5.74, 6) is 0. The molecule has 0 N–H and O–H groups in total. The number of hydrogen-bond donors (Lipinski definition) is 0. The predicted octanol–water partition coefficient (Wildman–Crippen LogP) is 2.63. The minimum absolute atomic E-state index is 0.167. The summed E-state index contributed by atoms with van der Waals surface area (Å²) >= 11 is 0. The second-order valence-electron chi connectivity index (χ2n) is 4.80. The number of benzene rings is 1. The van der Waals surface area contributed by atoms with Crippen molar-refractivity contribution in [3.05, 3.63) is 52.6 Å². The van der Waals surface area contributed by atoms with E-state index in [0.29, 0.717) is 5.56 Å². The molecule has 1 heterocycles. The van der Waals surface area contributed by atoms with Gasteiger partial charge in [-0.2, -0.15) is 0 Å². The molecule has 1 aromatic heterocycles. The van der Waals surface area contributed by atoms with Gasteiger partial charge >= 0.3 is 0 Å². The fourth-order valence-electron chi connectivity index (χ4n) is 2.12. The van der Waals surface area contributed by atoms with Gasteiger partial charge in [-0.1, -0.05) is 0 Å². The Bertz CT molecular complexity index is 581. The van der Waals surface area contributed by atoms with E-state index in [1.807, 2.05) is 23.9 Å². The van der Waals surface area contributed by atoms with Crippen molar-refractivity contribution in [1.82, 2.24) is 9.55 Å². The van der Waals surface area contributed by atoms with Crippen LogP contribution in [-0.2, 0) is 6.54 Å². The van der Waals surface area contributed by atoms with Gasteiger partial charge < -0.3 is 9.47 Å². The SMILES string of the molecule is Cc1cc(N(C)CCCn2ccnc2)ccc1[N+](=O)[O-]. The lowest BCUT2D eigenvalue weighted by Crippen LogP contribution is -2.19. The van der Waals surface area contributed by atoms with Gasteiger partial charge in [0, 0.05) is 49.8 Å². The first-order valence-electron chi connectivity index (χ1n) is 6.50.